The Morgan fingerprint density at radius 1 is 1.43 bits per heavy atom. The number of methoxy groups -OCH3 is 1. The second-order valence-corrected chi connectivity index (χ2v) is 4.04. The minimum absolute atomic E-state index is 0.313. The first-order valence-corrected chi connectivity index (χ1v) is 5.47. The van der Waals surface area contributed by atoms with Crippen molar-refractivity contribution in [3.8, 4) is 0 Å². The largest absolute Gasteiger partial charge is 0.390 e. The van der Waals surface area contributed by atoms with E-state index in [2.05, 4.69) is 25.8 Å². The van der Waals surface area contributed by atoms with Gasteiger partial charge in [-0.05, 0) is 38.9 Å². The van der Waals surface area contributed by atoms with E-state index in [9.17, 15) is 5.11 Å². The highest BCUT2D eigenvalue weighted by Gasteiger charge is 2.13. The van der Waals surface area contributed by atoms with Gasteiger partial charge in [0.2, 0.25) is 0 Å². The lowest BCUT2D eigenvalue weighted by Crippen LogP contribution is -2.25. The predicted octanol–water partition coefficient (Wildman–Crippen LogP) is 1.36. The summed E-state index contributed by atoms with van der Waals surface area (Å²) in [5.41, 5.74) is 0. The molecule has 0 aliphatic rings. The van der Waals surface area contributed by atoms with Gasteiger partial charge < -0.3 is 14.7 Å². The lowest BCUT2D eigenvalue weighted by Gasteiger charge is -2.19. The summed E-state index contributed by atoms with van der Waals surface area (Å²) in [5.74, 6) is 0.334. The van der Waals surface area contributed by atoms with E-state index in [0.717, 1.165) is 25.9 Å². The van der Waals surface area contributed by atoms with Crippen molar-refractivity contribution in [1.82, 2.24) is 4.90 Å². The van der Waals surface area contributed by atoms with Gasteiger partial charge in [0.25, 0.3) is 0 Å². The van der Waals surface area contributed by atoms with Crippen LogP contribution in [0.25, 0.3) is 0 Å². The third-order valence-corrected chi connectivity index (χ3v) is 2.73. The molecule has 3 heteroatoms. The van der Waals surface area contributed by atoms with Gasteiger partial charge in [0.1, 0.15) is 0 Å². The quantitative estimate of drug-likeness (QED) is 0.646. The van der Waals surface area contributed by atoms with Crippen LogP contribution in [-0.2, 0) is 4.74 Å². The topological polar surface area (TPSA) is 32.7 Å². The number of hydrogen-bond acceptors (Lipinski definition) is 3. The van der Waals surface area contributed by atoms with Crippen LogP contribution in [0.3, 0.4) is 0 Å². The summed E-state index contributed by atoms with van der Waals surface area (Å²) in [5, 5.41) is 9.60. The normalized spacial score (nSPS) is 15.9. The first-order valence-electron chi connectivity index (χ1n) is 5.47. The molecule has 0 aromatic carbocycles. The highest BCUT2D eigenvalue weighted by molar-refractivity contribution is 4.64. The second kappa shape index (κ2) is 8.21. The first kappa shape index (κ1) is 13.9. The van der Waals surface area contributed by atoms with Crippen LogP contribution in [0.15, 0.2) is 0 Å². The number of rotatable bonds is 8. The maximum Gasteiger partial charge on any atom is 0.0798 e. The van der Waals surface area contributed by atoms with Gasteiger partial charge in [-0.25, -0.2) is 0 Å². The molecule has 0 spiro atoms. The molecule has 0 amide bonds. The summed E-state index contributed by atoms with van der Waals surface area (Å²) in [7, 11) is 3.75. The molecule has 2 atom stereocenters. The van der Waals surface area contributed by atoms with Crippen molar-refractivity contribution in [3.63, 3.8) is 0 Å². The van der Waals surface area contributed by atoms with Crippen LogP contribution >= 0.6 is 0 Å². The van der Waals surface area contributed by atoms with Crippen molar-refractivity contribution in [1.29, 1.82) is 0 Å². The van der Waals surface area contributed by atoms with Gasteiger partial charge in [-0.2, -0.15) is 0 Å². The van der Waals surface area contributed by atoms with E-state index >= 15 is 0 Å². The first-order chi connectivity index (χ1) is 6.61. The van der Waals surface area contributed by atoms with Crippen LogP contribution in [0.2, 0.25) is 0 Å². The molecule has 1 N–H and O–H groups in total. The van der Waals surface area contributed by atoms with Gasteiger partial charge in [0.05, 0.1) is 12.7 Å². The average Bonchev–Trinajstić information content (AvgIpc) is 2.17. The molecule has 0 bridgehead atoms. The van der Waals surface area contributed by atoms with Gasteiger partial charge >= 0.3 is 0 Å². The fraction of sp³-hybridized carbons (Fsp3) is 1.00. The Hall–Kier alpha value is -0.120. The van der Waals surface area contributed by atoms with Gasteiger partial charge in [0, 0.05) is 7.11 Å². The molecule has 14 heavy (non-hydrogen) atoms. The van der Waals surface area contributed by atoms with E-state index in [-0.39, 0.29) is 6.10 Å². The van der Waals surface area contributed by atoms with Gasteiger partial charge in [-0.3, -0.25) is 0 Å². The fourth-order valence-corrected chi connectivity index (χ4v) is 1.37. The fourth-order valence-electron chi connectivity index (χ4n) is 1.37. The third kappa shape index (κ3) is 6.35. The zero-order valence-electron chi connectivity index (χ0n) is 9.99. The van der Waals surface area contributed by atoms with Crippen LogP contribution in [0.5, 0.6) is 0 Å². The van der Waals surface area contributed by atoms with E-state index in [4.69, 9.17) is 4.74 Å². The molecule has 3 nitrogen and oxygen atoms in total. The molecular formula is C11H25NO2. The second-order valence-electron chi connectivity index (χ2n) is 4.04. The number of nitrogens with zero attached hydrogens (tertiary/aromatic N) is 1. The summed E-state index contributed by atoms with van der Waals surface area (Å²) in [4.78, 5) is 2.29. The highest BCUT2D eigenvalue weighted by atomic mass is 16.5. The average molecular weight is 203 g/mol. The summed E-state index contributed by atoms with van der Waals surface area (Å²) in [6, 6.07) is 0. The van der Waals surface area contributed by atoms with Crippen molar-refractivity contribution in [3.05, 3.63) is 0 Å². The lowest BCUT2D eigenvalue weighted by molar-refractivity contribution is 0.0270. The van der Waals surface area contributed by atoms with Crippen LogP contribution in [-0.4, -0.2) is 50.0 Å². The zero-order chi connectivity index (χ0) is 11.0. The smallest absolute Gasteiger partial charge is 0.0798 e. The molecular weight excluding hydrogens is 178 g/mol. The molecule has 0 aliphatic heterocycles. The molecule has 2 unspecified atom stereocenters. The Morgan fingerprint density at radius 2 is 2.07 bits per heavy atom. The molecule has 0 aliphatic carbocycles. The lowest BCUT2D eigenvalue weighted by atomic mass is 9.99. The number of aliphatic hydroxyl groups excluding tert-OH is 1. The Balaban J connectivity index is 3.47. The molecule has 0 fully saturated rings. The number of hydrogen-bond donors (Lipinski definition) is 1. The SMILES string of the molecule is CCN(C)CCCC(C)C(O)COC. The molecule has 0 rings (SSSR count). The van der Waals surface area contributed by atoms with E-state index < -0.39 is 0 Å². The van der Waals surface area contributed by atoms with Crippen molar-refractivity contribution >= 4 is 0 Å². The molecule has 0 radical (unpaired) electrons. The maximum atomic E-state index is 9.60. The van der Waals surface area contributed by atoms with Gasteiger partial charge in [-0.15, -0.1) is 0 Å². The molecule has 0 heterocycles. The maximum absolute atomic E-state index is 9.60. The van der Waals surface area contributed by atoms with Crippen LogP contribution in [0.1, 0.15) is 26.7 Å². The molecule has 0 saturated carbocycles. The summed E-state index contributed by atoms with van der Waals surface area (Å²) in [6.07, 6.45) is 1.90. The minimum atomic E-state index is -0.313. The van der Waals surface area contributed by atoms with Crippen LogP contribution < -0.4 is 0 Å². The summed E-state index contributed by atoms with van der Waals surface area (Å²) >= 11 is 0. The van der Waals surface area contributed by atoms with E-state index in [1.807, 2.05) is 0 Å². The van der Waals surface area contributed by atoms with Crippen molar-refractivity contribution in [2.45, 2.75) is 32.8 Å². The standard InChI is InChI=1S/C11H25NO2/c1-5-12(3)8-6-7-10(2)11(13)9-14-4/h10-11,13H,5-9H2,1-4H3. The Morgan fingerprint density at radius 3 is 2.57 bits per heavy atom. The van der Waals surface area contributed by atoms with E-state index in [0.29, 0.717) is 12.5 Å². The Kier molecular flexibility index (Phi) is 8.14. The third-order valence-electron chi connectivity index (χ3n) is 2.73. The predicted molar refractivity (Wildman–Crippen MR) is 59.5 cm³/mol. The minimum Gasteiger partial charge on any atom is -0.390 e. The van der Waals surface area contributed by atoms with Crippen molar-refractivity contribution in [2.24, 2.45) is 5.92 Å². The van der Waals surface area contributed by atoms with Gasteiger partial charge in [-0.1, -0.05) is 13.8 Å². The molecule has 0 aromatic rings. The van der Waals surface area contributed by atoms with Crippen LogP contribution in [0, 0.1) is 5.92 Å². The van der Waals surface area contributed by atoms with E-state index in [1.54, 1.807) is 7.11 Å². The summed E-state index contributed by atoms with van der Waals surface area (Å²) in [6.45, 7) is 6.89. The molecule has 0 aromatic heterocycles. The van der Waals surface area contributed by atoms with Crippen molar-refractivity contribution in [2.75, 3.05) is 33.9 Å². The Labute approximate surface area is 88.1 Å². The monoisotopic (exact) mass is 203 g/mol. The molecule has 86 valence electrons. The highest BCUT2D eigenvalue weighted by Crippen LogP contribution is 2.11. The molecule has 0 saturated heterocycles. The van der Waals surface area contributed by atoms with E-state index in [1.165, 1.54) is 0 Å². The van der Waals surface area contributed by atoms with Gasteiger partial charge in [0.15, 0.2) is 0 Å². The Bertz CT molecular complexity index is 130. The number of aliphatic hydroxyl groups is 1. The van der Waals surface area contributed by atoms with Crippen LogP contribution in [0.4, 0.5) is 0 Å². The van der Waals surface area contributed by atoms with Crippen molar-refractivity contribution < 1.29 is 9.84 Å². The zero-order valence-corrected chi connectivity index (χ0v) is 9.99. The number of ether oxygens (including phenoxy) is 1. The summed E-state index contributed by atoms with van der Waals surface area (Å²) < 4.78 is 4.91.